The Morgan fingerprint density at radius 3 is 1.23 bits per heavy atom. The zero-order valence-corrected chi connectivity index (χ0v) is 14.8. The van der Waals surface area contributed by atoms with Crippen molar-refractivity contribution in [2.45, 2.75) is 38.9 Å². The molecule has 2 unspecified atom stereocenters. The van der Waals surface area contributed by atoms with Gasteiger partial charge in [0.1, 0.15) is 12.2 Å². The van der Waals surface area contributed by atoms with E-state index in [1.54, 1.807) is 0 Å². The molecule has 2 atom stereocenters. The van der Waals surface area contributed by atoms with Gasteiger partial charge in [-0.1, -0.05) is 13.2 Å². The second-order valence-corrected chi connectivity index (χ2v) is 4.39. The van der Waals surface area contributed by atoms with Crippen molar-refractivity contribution < 1.29 is 49.1 Å². The predicted octanol–water partition coefficient (Wildman–Crippen LogP) is -1.00. The van der Waals surface area contributed by atoms with E-state index in [1.807, 2.05) is 0 Å². The molecule has 0 aliphatic carbocycles. The quantitative estimate of drug-likeness (QED) is 0.186. The molecule has 10 nitrogen and oxygen atoms in total. The summed E-state index contributed by atoms with van der Waals surface area (Å²) in [5, 5.41) is 33.2. The zero-order valence-electron chi connectivity index (χ0n) is 14.8. The van der Waals surface area contributed by atoms with Crippen LogP contribution < -0.4 is 0 Å². The molecule has 4 N–H and O–H groups in total. The number of ether oxygens (including phenoxy) is 2. The van der Waals surface area contributed by atoms with Gasteiger partial charge in [-0.05, 0) is 26.7 Å². The molecule has 0 rings (SSSR count). The second-order valence-electron chi connectivity index (χ2n) is 4.39. The van der Waals surface area contributed by atoms with Gasteiger partial charge in [-0.25, -0.2) is 19.2 Å². The molecule has 0 spiro atoms. The molecule has 26 heavy (non-hydrogen) atoms. The Morgan fingerprint density at radius 2 is 1.08 bits per heavy atom. The second kappa shape index (κ2) is 18.9. The number of hydrogen-bond acceptors (Lipinski definition) is 10. The van der Waals surface area contributed by atoms with E-state index in [1.165, 1.54) is 13.8 Å². The summed E-state index contributed by atoms with van der Waals surface area (Å²) in [4.78, 5) is 41.3. The van der Waals surface area contributed by atoms with E-state index in [0.717, 1.165) is 25.0 Å². The summed E-state index contributed by atoms with van der Waals surface area (Å²) in [6.07, 6.45) is 0.584. The number of carbonyl (C=O) groups is 4. The van der Waals surface area contributed by atoms with Crippen molar-refractivity contribution in [3.63, 3.8) is 0 Å². The minimum absolute atomic E-state index is 0.195. The van der Waals surface area contributed by atoms with Crippen LogP contribution in [0.25, 0.3) is 0 Å². The fraction of sp³-hybridized carbons (Fsp3) is 0.500. The number of unbranched alkanes of at least 4 members (excludes halogenated alkanes) is 1. The molecule has 0 aromatic carbocycles. The minimum Gasteiger partial charge on any atom is -0.396 e. The Bertz CT molecular complexity index is 412. The number of hydrogen-bond donors (Lipinski definition) is 4. The Morgan fingerprint density at radius 1 is 0.808 bits per heavy atom. The molecule has 0 fully saturated rings. The SMILES string of the molecule is C=CC(=O)OC(=O)C(C)O.C=CC(=O)OC(=O)C(C)O.OCCCCO. The van der Waals surface area contributed by atoms with Gasteiger partial charge >= 0.3 is 23.9 Å². The molecule has 0 aromatic heterocycles. The molecule has 0 radical (unpaired) electrons. The molecule has 0 amide bonds. The third kappa shape index (κ3) is 21.6. The van der Waals surface area contributed by atoms with Gasteiger partial charge in [0.2, 0.25) is 0 Å². The Hall–Kier alpha value is -2.40. The normalized spacial score (nSPS) is 11.2. The Kier molecular flexibility index (Phi) is 20.7. The fourth-order valence-corrected chi connectivity index (χ4v) is 0.676. The largest absolute Gasteiger partial charge is 0.396 e. The summed E-state index contributed by atoms with van der Waals surface area (Å²) in [7, 11) is 0. The summed E-state index contributed by atoms with van der Waals surface area (Å²) < 4.78 is 8.03. The van der Waals surface area contributed by atoms with Gasteiger partial charge < -0.3 is 29.9 Å². The highest BCUT2D eigenvalue weighted by molar-refractivity contribution is 5.93. The molecular formula is C16H26O10. The number of aliphatic hydroxyl groups excluding tert-OH is 4. The van der Waals surface area contributed by atoms with E-state index in [4.69, 9.17) is 20.4 Å². The minimum atomic E-state index is -1.27. The van der Waals surface area contributed by atoms with Crippen molar-refractivity contribution in [1.29, 1.82) is 0 Å². The molecule has 0 aliphatic rings. The van der Waals surface area contributed by atoms with Crippen LogP contribution in [0.4, 0.5) is 0 Å². The summed E-state index contributed by atoms with van der Waals surface area (Å²) in [6, 6.07) is 0. The van der Waals surface area contributed by atoms with Crippen LogP contribution in [0.15, 0.2) is 25.3 Å². The highest BCUT2D eigenvalue weighted by Gasteiger charge is 2.13. The zero-order chi connectivity index (χ0) is 21.1. The van der Waals surface area contributed by atoms with E-state index in [2.05, 4.69) is 22.6 Å². The van der Waals surface area contributed by atoms with Crippen LogP contribution >= 0.6 is 0 Å². The number of carbonyl (C=O) groups excluding carboxylic acids is 4. The molecule has 150 valence electrons. The topological polar surface area (TPSA) is 168 Å². The van der Waals surface area contributed by atoms with Gasteiger partial charge in [0.25, 0.3) is 0 Å². The van der Waals surface area contributed by atoms with Gasteiger partial charge in [0.05, 0.1) is 0 Å². The molecule has 0 aliphatic heterocycles. The van der Waals surface area contributed by atoms with Crippen LogP contribution in [0, 0.1) is 0 Å². The van der Waals surface area contributed by atoms with E-state index in [0.29, 0.717) is 0 Å². The molecule has 0 bridgehead atoms. The van der Waals surface area contributed by atoms with Crippen LogP contribution in [0.5, 0.6) is 0 Å². The monoisotopic (exact) mass is 378 g/mol. The lowest BCUT2D eigenvalue weighted by atomic mass is 10.3. The first-order valence-electron chi connectivity index (χ1n) is 7.41. The van der Waals surface area contributed by atoms with Crippen molar-refractivity contribution in [1.82, 2.24) is 0 Å². The van der Waals surface area contributed by atoms with Crippen LogP contribution in [-0.2, 0) is 28.7 Å². The van der Waals surface area contributed by atoms with Crippen LogP contribution in [0.3, 0.4) is 0 Å². The van der Waals surface area contributed by atoms with Crippen molar-refractivity contribution in [3.8, 4) is 0 Å². The maximum Gasteiger partial charge on any atom is 0.342 e. The van der Waals surface area contributed by atoms with Crippen molar-refractivity contribution >= 4 is 23.9 Å². The lowest BCUT2D eigenvalue weighted by Gasteiger charge is -2.00. The lowest BCUT2D eigenvalue weighted by molar-refractivity contribution is -0.163. The molecule has 0 saturated carbocycles. The van der Waals surface area contributed by atoms with E-state index in [9.17, 15) is 19.2 Å². The highest BCUT2D eigenvalue weighted by atomic mass is 16.6. The third-order valence-corrected chi connectivity index (χ3v) is 1.98. The number of esters is 4. The van der Waals surface area contributed by atoms with Crippen LogP contribution in [0.1, 0.15) is 26.7 Å². The van der Waals surface area contributed by atoms with Crippen LogP contribution in [-0.4, -0.2) is 69.7 Å². The van der Waals surface area contributed by atoms with Gasteiger partial charge in [0, 0.05) is 25.4 Å². The maximum absolute atomic E-state index is 10.4. The lowest BCUT2D eigenvalue weighted by Crippen LogP contribution is -2.21. The van der Waals surface area contributed by atoms with Gasteiger partial charge in [-0.3, -0.25) is 0 Å². The Balaban J connectivity index is -0.000000316. The first kappa shape index (κ1) is 28.4. The average Bonchev–Trinajstić information content (AvgIpc) is 2.60. The van der Waals surface area contributed by atoms with Crippen LogP contribution in [0.2, 0.25) is 0 Å². The average molecular weight is 378 g/mol. The van der Waals surface area contributed by atoms with Gasteiger partial charge in [0.15, 0.2) is 0 Å². The molecule has 0 aromatic rings. The summed E-state index contributed by atoms with van der Waals surface area (Å²) in [5.74, 6) is -3.65. The standard InChI is InChI=1S/2C6H8O4.C4H10O2/c2*1-3-5(8)10-6(9)4(2)7;5-3-1-2-4-6/h2*3-4,7H,1H2,2H3;5-6H,1-4H2. The van der Waals surface area contributed by atoms with E-state index >= 15 is 0 Å². The number of aliphatic hydroxyl groups is 4. The summed E-state index contributed by atoms with van der Waals surface area (Å²) >= 11 is 0. The van der Waals surface area contributed by atoms with Crippen molar-refractivity contribution in [3.05, 3.63) is 25.3 Å². The highest BCUT2D eigenvalue weighted by Crippen LogP contribution is 1.88. The number of rotatable bonds is 7. The molecular weight excluding hydrogens is 352 g/mol. The molecule has 0 heterocycles. The maximum atomic E-state index is 10.4. The van der Waals surface area contributed by atoms with Gasteiger partial charge in [-0.2, -0.15) is 0 Å². The molecule has 0 saturated heterocycles. The third-order valence-electron chi connectivity index (χ3n) is 1.98. The van der Waals surface area contributed by atoms with E-state index in [-0.39, 0.29) is 13.2 Å². The first-order chi connectivity index (χ1) is 12.1. The van der Waals surface area contributed by atoms with Gasteiger partial charge in [-0.15, -0.1) is 0 Å². The van der Waals surface area contributed by atoms with Crippen molar-refractivity contribution in [2.75, 3.05) is 13.2 Å². The first-order valence-corrected chi connectivity index (χ1v) is 7.41. The fourth-order valence-electron chi connectivity index (χ4n) is 0.676. The summed E-state index contributed by atoms with van der Waals surface area (Å²) in [6.45, 7) is 8.93. The predicted molar refractivity (Wildman–Crippen MR) is 89.4 cm³/mol. The molecule has 10 heteroatoms. The smallest absolute Gasteiger partial charge is 0.342 e. The van der Waals surface area contributed by atoms with E-state index < -0.39 is 36.1 Å². The Labute approximate surface area is 151 Å². The van der Waals surface area contributed by atoms with Crippen molar-refractivity contribution in [2.24, 2.45) is 0 Å². The summed E-state index contributed by atoms with van der Waals surface area (Å²) in [5.41, 5.74) is 0.